The van der Waals surface area contributed by atoms with Gasteiger partial charge in [-0.05, 0) is 27.2 Å². The van der Waals surface area contributed by atoms with Crippen LogP contribution in [-0.4, -0.2) is 41.5 Å². The van der Waals surface area contributed by atoms with Crippen LogP contribution in [0.25, 0.3) is 0 Å². The van der Waals surface area contributed by atoms with E-state index in [1.807, 2.05) is 0 Å². The number of nitrogens with one attached hydrogen (secondary N) is 1. The molecular weight excluding hydrogens is 240 g/mol. The predicted molar refractivity (Wildman–Crippen MR) is 61.2 cm³/mol. The molecule has 0 rings (SSSR count). The molecule has 0 radical (unpaired) electrons. The van der Waals surface area contributed by atoms with Crippen LogP contribution in [0, 0.1) is 0 Å². The van der Waals surface area contributed by atoms with E-state index in [1.54, 1.807) is 20.8 Å². The smallest absolute Gasteiger partial charge is 0.407 e. The van der Waals surface area contributed by atoms with Crippen molar-refractivity contribution in [2.75, 3.05) is 6.54 Å². The molecule has 2 atom stereocenters. The molecule has 0 bridgehead atoms. The van der Waals surface area contributed by atoms with E-state index in [0.29, 0.717) is 0 Å². The number of carbonyl (C=O) groups is 2. The van der Waals surface area contributed by atoms with Gasteiger partial charge in [0.2, 0.25) is 0 Å². The second-order valence-electron chi connectivity index (χ2n) is 5.13. The third kappa shape index (κ3) is 8.77. The number of hydrogen-bond acceptors (Lipinski definition) is 5. The van der Waals surface area contributed by atoms with E-state index in [0.717, 1.165) is 0 Å². The summed E-state index contributed by atoms with van der Waals surface area (Å²) in [6.07, 6.45) is -1.04. The number of quaternary nitrogens is 1. The summed E-state index contributed by atoms with van der Waals surface area (Å²) in [5, 5.41) is 22.3. The molecule has 5 N–H and O–H groups in total. The van der Waals surface area contributed by atoms with Crippen LogP contribution in [0.5, 0.6) is 0 Å². The van der Waals surface area contributed by atoms with E-state index < -0.39 is 29.8 Å². The molecule has 0 saturated heterocycles. The summed E-state index contributed by atoms with van der Waals surface area (Å²) in [4.78, 5) is 21.6. The lowest BCUT2D eigenvalue weighted by atomic mass is 10.1. The quantitative estimate of drug-likeness (QED) is 0.511. The summed E-state index contributed by atoms with van der Waals surface area (Å²) < 4.78 is 4.97. The summed E-state index contributed by atoms with van der Waals surface area (Å²) in [6, 6.07) is -0.860. The topological polar surface area (TPSA) is 126 Å². The molecule has 0 aliphatic rings. The van der Waals surface area contributed by atoms with Gasteiger partial charge in [-0.1, -0.05) is 0 Å². The minimum Gasteiger partial charge on any atom is -0.544 e. The molecule has 1 amide bonds. The molecule has 106 valence electrons. The zero-order valence-electron chi connectivity index (χ0n) is 11.1. The summed E-state index contributed by atoms with van der Waals surface area (Å²) in [6.45, 7) is 5.21. The van der Waals surface area contributed by atoms with Crippen molar-refractivity contribution < 1.29 is 30.3 Å². The molecule has 7 nitrogen and oxygen atoms in total. The molecule has 0 aromatic carbocycles. The largest absolute Gasteiger partial charge is 0.544 e. The van der Waals surface area contributed by atoms with Crippen LogP contribution in [0.3, 0.4) is 0 Å². The Morgan fingerprint density at radius 2 is 1.94 bits per heavy atom. The summed E-state index contributed by atoms with van der Waals surface area (Å²) in [5.41, 5.74) is 2.77. The maximum Gasteiger partial charge on any atom is 0.407 e. The van der Waals surface area contributed by atoms with Gasteiger partial charge in [0.25, 0.3) is 0 Å². The van der Waals surface area contributed by atoms with Crippen LogP contribution < -0.4 is 16.2 Å². The van der Waals surface area contributed by atoms with Crippen LogP contribution in [0.1, 0.15) is 33.6 Å². The molecule has 0 spiro atoms. The zero-order valence-corrected chi connectivity index (χ0v) is 11.1. The maximum absolute atomic E-state index is 11.2. The van der Waals surface area contributed by atoms with Crippen molar-refractivity contribution >= 4 is 12.1 Å². The highest BCUT2D eigenvalue weighted by Gasteiger charge is 2.17. The normalized spacial score (nSPS) is 14.7. The highest BCUT2D eigenvalue weighted by molar-refractivity contribution is 5.69. The molecule has 0 aromatic heterocycles. The molecule has 0 heterocycles. The first kappa shape index (κ1) is 16.7. The zero-order chi connectivity index (χ0) is 14.3. The van der Waals surface area contributed by atoms with Gasteiger partial charge >= 0.3 is 6.09 Å². The predicted octanol–water partition coefficient (Wildman–Crippen LogP) is -1.99. The van der Waals surface area contributed by atoms with E-state index in [2.05, 4.69) is 11.1 Å². The molecule has 0 aromatic rings. The first-order valence-corrected chi connectivity index (χ1v) is 5.80. The number of rotatable bonds is 6. The Morgan fingerprint density at radius 3 is 2.39 bits per heavy atom. The highest BCUT2D eigenvalue weighted by atomic mass is 16.6. The first-order valence-electron chi connectivity index (χ1n) is 5.80. The third-order valence-corrected chi connectivity index (χ3v) is 2.06. The fourth-order valence-electron chi connectivity index (χ4n) is 1.13. The Hall–Kier alpha value is -1.34. The van der Waals surface area contributed by atoms with E-state index in [4.69, 9.17) is 4.74 Å². The van der Waals surface area contributed by atoms with E-state index in [9.17, 15) is 19.8 Å². The number of carboxylic acid groups (broad SMARTS) is 1. The van der Waals surface area contributed by atoms with Crippen LogP contribution in [-0.2, 0) is 9.53 Å². The lowest BCUT2D eigenvalue weighted by molar-refractivity contribution is -0.438. The number of aliphatic hydroxyl groups is 1. The second-order valence-corrected chi connectivity index (χ2v) is 5.13. The van der Waals surface area contributed by atoms with Crippen molar-refractivity contribution in [3.8, 4) is 0 Å². The molecule has 0 saturated carbocycles. The lowest BCUT2D eigenvalue weighted by Gasteiger charge is -2.20. The van der Waals surface area contributed by atoms with Gasteiger partial charge < -0.3 is 30.8 Å². The average molecular weight is 262 g/mol. The van der Waals surface area contributed by atoms with Crippen molar-refractivity contribution in [1.82, 2.24) is 5.32 Å². The Labute approximate surface area is 106 Å². The standard InChI is InChI=1S/C11H22N2O5/c1-11(2,3)18-10(17)13-6-7(14)4-5-8(12)9(15)16/h7-8,14H,4-6,12H2,1-3H3,(H,13,17)(H,15,16)/t7-,8+/m0/s1. The minimum absolute atomic E-state index is 0.00861. The fraction of sp³-hybridized carbons (Fsp3) is 0.818. The van der Waals surface area contributed by atoms with Gasteiger partial charge in [-0.2, -0.15) is 0 Å². The van der Waals surface area contributed by atoms with E-state index in [1.165, 1.54) is 0 Å². The maximum atomic E-state index is 11.2. The molecule has 18 heavy (non-hydrogen) atoms. The number of alkyl carbamates (subject to hydrolysis) is 1. The number of aliphatic hydroxyl groups excluding tert-OH is 1. The van der Waals surface area contributed by atoms with Gasteiger partial charge in [-0.15, -0.1) is 0 Å². The average Bonchev–Trinajstić information content (AvgIpc) is 2.20. The number of aliphatic carboxylic acids is 1. The van der Waals surface area contributed by atoms with E-state index in [-0.39, 0.29) is 19.4 Å². The second kappa shape index (κ2) is 7.17. The van der Waals surface area contributed by atoms with Crippen LogP contribution in [0.15, 0.2) is 0 Å². The van der Waals surface area contributed by atoms with Gasteiger partial charge in [0.15, 0.2) is 0 Å². The number of amides is 1. The van der Waals surface area contributed by atoms with Crippen LogP contribution in [0.4, 0.5) is 4.79 Å². The number of carbonyl (C=O) groups excluding carboxylic acids is 2. The Kier molecular flexibility index (Phi) is 6.64. The van der Waals surface area contributed by atoms with Crippen molar-refractivity contribution in [2.24, 2.45) is 0 Å². The number of hydrogen-bond donors (Lipinski definition) is 3. The molecule has 0 unspecified atom stereocenters. The minimum atomic E-state index is -1.25. The third-order valence-electron chi connectivity index (χ3n) is 2.06. The van der Waals surface area contributed by atoms with Crippen LogP contribution >= 0.6 is 0 Å². The highest BCUT2D eigenvalue weighted by Crippen LogP contribution is 2.06. The molecule has 0 fully saturated rings. The summed E-state index contributed by atoms with van der Waals surface area (Å²) in [7, 11) is 0. The number of carboxylic acids is 1. The molecule has 0 aliphatic heterocycles. The van der Waals surface area contributed by atoms with Crippen molar-refractivity contribution in [3.05, 3.63) is 0 Å². The fourth-order valence-corrected chi connectivity index (χ4v) is 1.13. The molecule has 0 aliphatic carbocycles. The molecule has 7 heteroatoms. The Bertz CT molecular complexity index is 288. The Balaban J connectivity index is 3.80. The van der Waals surface area contributed by atoms with Gasteiger partial charge in [-0.25, -0.2) is 4.79 Å². The van der Waals surface area contributed by atoms with Gasteiger partial charge in [-0.3, -0.25) is 0 Å². The van der Waals surface area contributed by atoms with Crippen molar-refractivity contribution in [1.29, 1.82) is 0 Å². The lowest BCUT2D eigenvalue weighted by Crippen LogP contribution is -2.68. The monoisotopic (exact) mass is 262 g/mol. The van der Waals surface area contributed by atoms with Gasteiger partial charge in [0.1, 0.15) is 11.6 Å². The Morgan fingerprint density at radius 1 is 1.39 bits per heavy atom. The van der Waals surface area contributed by atoms with Crippen molar-refractivity contribution in [2.45, 2.75) is 51.4 Å². The molecular formula is C11H22N2O5. The summed E-state index contributed by atoms with van der Waals surface area (Å²) in [5.74, 6) is -1.25. The summed E-state index contributed by atoms with van der Waals surface area (Å²) >= 11 is 0. The van der Waals surface area contributed by atoms with E-state index >= 15 is 0 Å². The van der Waals surface area contributed by atoms with Crippen LogP contribution in [0.2, 0.25) is 0 Å². The van der Waals surface area contributed by atoms with Crippen molar-refractivity contribution in [3.63, 3.8) is 0 Å². The SMILES string of the molecule is CC(C)(C)OC(=O)NC[C@@H](O)CC[C@@H]([NH3+])C(=O)[O-]. The first-order chi connectivity index (χ1) is 8.11. The van der Waals surface area contributed by atoms with Gasteiger partial charge in [0.05, 0.1) is 12.1 Å². The van der Waals surface area contributed by atoms with Gasteiger partial charge in [0, 0.05) is 13.0 Å². The number of ether oxygens (including phenoxy) is 1.